The number of para-hydroxylation sites is 4. The van der Waals surface area contributed by atoms with Crippen LogP contribution in [0.5, 0.6) is 34.5 Å². The second kappa shape index (κ2) is 46.7. The first-order chi connectivity index (χ1) is 72.6. The van der Waals surface area contributed by atoms with Crippen LogP contribution in [0.15, 0.2) is 366 Å². The maximum atomic E-state index is 13.7. The number of fused-ring (bicyclic) bond motifs is 4. The zero-order valence-corrected chi connectivity index (χ0v) is 81.8. The number of aryl methyl sites for hydroxylation is 4. The molecule has 0 spiro atoms. The van der Waals surface area contributed by atoms with Crippen molar-refractivity contribution in [2.75, 3.05) is 28.4 Å². The van der Waals surface area contributed by atoms with Crippen molar-refractivity contribution < 1.29 is 34.1 Å². The molecule has 0 aliphatic heterocycles. The third kappa shape index (κ3) is 24.0. The molecule has 0 aliphatic rings. The predicted octanol–water partition coefficient (Wildman–Crippen LogP) is 22.0. The summed E-state index contributed by atoms with van der Waals surface area (Å²) in [5.74, 6) is 29.0. The van der Waals surface area contributed by atoms with E-state index in [0.29, 0.717) is 95.4 Å². The van der Waals surface area contributed by atoms with Gasteiger partial charge in [0.15, 0.2) is 28.7 Å². The van der Waals surface area contributed by atoms with Gasteiger partial charge in [-0.2, -0.15) is 0 Å². The molecule has 20 rings (SSSR count). The van der Waals surface area contributed by atoms with E-state index >= 15 is 0 Å². The summed E-state index contributed by atoms with van der Waals surface area (Å²) in [4.78, 5) is 101. The highest BCUT2D eigenvalue weighted by Gasteiger charge is 2.21. The molecule has 12 aromatic carbocycles. The summed E-state index contributed by atoms with van der Waals surface area (Å²) < 4.78 is 27.7. The number of aromatic nitrogens is 12. The van der Waals surface area contributed by atoms with Crippen molar-refractivity contribution in [3.05, 3.63) is 511 Å². The lowest BCUT2D eigenvalue weighted by Crippen LogP contribution is -2.23. The number of benzene rings is 12. The smallest absolute Gasteiger partial charge is 0.311 e. The van der Waals surface area contributed by atoms with E-state index < -0.39 is 16.4 Å². The summed E-state index contributed by atoms with van der Waals surface area (Å²) >= 11 is 0. The molecule has 0 saturated carbocycles. The average Bonchev–Trinajstić information content (AvgIpc) is 0.776. The molecule has 0 amide bonds. The van der Waals surface area contributed by atoms with Gasteiger partial charge in [-0.3, -0.25) is 67.5 Å². The van der Waals surface area contributed by atoms with Crippen molar-refractivity contribution in [3.8, 4) is 105 Å². The molecule has 0 radical (unpaired) electrons. The van der Waals surface area contributed by atoms with Gasteiger partial charge in [0.25, 0.3) is 22.2 Å². The molecule has 0 fully saturated rings. The summed E-state index contributed by atoms with van der Waals surface area (Å²) in [6, 6.07) is 89.5. The molecule has 0 unspecified atom stereocenters. The van der Waals surface area contributed by atoms with E-state index in [0.717, 1.165) is 106 Å². The van der Waals surface area contributed by atoms with Crippen LogP contribution in [0.4, 0.5) is 5.69 Å². The van der Waals surface area contributed by atoms with E-state index in [1.807, 2.05) is 276 Å². The monoisotopic (exact) mass is 1950 g/mol. The van der Waals surface area contributed by atoms with Gasteiger partial charge in [0, 0.05) is 100 Å². The Labute approximate surface area is 856 Å². The number of methoxy groups -OCH3 is 4. The van der Waals surface area contributed by atoms with Crippen molar-refractivity contribution in [3.63, 3.8) is 0 Å². The third-order valence-electron chi connectivity index (χ3n) is 23.6. The average molecular weight is 1960 g/mol. The van der Waals surface area contributed by atoms with Gasteiger partial charge < -0.3 is 29.2 Å². The molecule has 8 heterocycles. The Balaban J connectivity index is 0.000000135. The van der Waals surface area contributed by atoms with Crippen LogP contribution in [-0.4, -0.2) is 102 Å². The number of aromatic hydroxyl groups is 2. The van der Waals surface area contributed by atoms with Crippen LogP contribution in [0, 0.1) is 85.2 Å². The second-order valence-electron chi connectivity index (χ2n) is 33.6. The van der Waals surface area contributed by atoms with Crippen molar-refractivity contribution in [2.45, 2.75) is 27.7 Å². The number of hydrogen-bond donors (Lipinski definition) is 2. The Morgan fingerprint density at radius 1 is 0.282 bits per heavy atom. The summed E-state index contributed by atoms with van der Waals surface area (Å²) in [5.41, 5.74) is 17.5. The van der Waals surface area contributed by atoms with Crippen LogP contribution in [-0.2, 0) is 0 Å². The number of nitro benzene ring substituents is 1. The second-order valence-corrected chi connectivity index (χ2v) is 33.6. The van der Waals surface area contributed by atoms with Crippen molar-refractivity contribution in [1.29, 1.82) is 0 Å². The van der Waals surface area contributed by atoms with Gasteiger partial charge in [0.2, 0.25) is 0 Å². The number of phenolic OH excluding ortho intramolecular Hbond substituents is 2. The van der Waals surface area contributed by atoms with E-state index in [1.54, 1.807) is 170 Å². The molecular formula is C124H91N13O12. The van der Waals surface area contributed by atoms with Crippen molar-refractivity contribution >= 4 is 97.9 Å². The Morgan fingerprint density at radius 2 is 0.564 bits per heavy atom. The highest BCUT2D eigenvalue weighted by atomic mass is 16.6. The number of pyridine rings is 4. The molecule has 8 aromatic heterocycles. The fourth-order valence-corrected chi connectivity index (χ4v) is 16.2. The van der Waals surface area contributed by atoms with Crippen molar-refractivity contribution in [2.24, 2.45) is 0 Å². The van der Waals surface area contributed by atoms with E-state index in [2.05, 4.69) is 67.3 Å². The van der Waals surface area contributed by atoms with Crippen LogP contribution >= 0.6 is 0 Å². The summed E-state index contributed by atoms with van der Waals surface area (Å²) in [5, 5.41) is 33.0. The van der Waals surface area contributed by atoms with Gasteiger partial charge in [-0.1, -0.05) is 151 Å². The first-order valence-corrected chi connectivity index (χ1v) is 46.8. The van der Waals surface area contributed by atoms with Gasteiger partial charge in [0.05, 0.1) is 99.7 Å². The molecule has 2 N–H and O–H groups in total. The van der Waals surface area contributed by atoms with Crippen LogP contribution in [0.3, 0.4) is 0 Å². The fraction of sp³-hybridized carbons (Fsp3) is 0.0645. The van der Waals surface area contributed by atoms with Gasteiger partial charge in [-0.25, -0.2) is 19.9 Å². The zero-order valence-electron chi connectivity index (χ0n) is 81.8. The highest BCUT2D eigenvalue weighted by molar-refractivity contribution is 5.85. The van der Waals surface area contributed by atoms with Gasteiger partial charge in [0.1, 0.15) is 29.0 Å². The normalized spacial score (nSPS) is 10.8. The number of ether oxygens (including phenoxy) is 4. The molecule has 149 heavy (non-hydrogen) atoms. The lowest BCUT2D eigenvalue weighted by molar-refractivity contribution is -0.385. The highest BCUT2D eigenvalue weighted by Crippen LogP contribution is 2.33. The lowest BCUT2D eigenvalue weighted by atomic mass is 10.1. The van der Waals surface area contributed by atoms with Gasteiger partial charge in [-0.05, 0) is 309 Å². The first kappa shape index (κ1) is 99.8. The lowest BCUT2D eigenvalue weighted by Gasteiger charge is -2.14. The van der Waals surface area contributed by atoms with Crippen LogP contribution in [0.1, 0.15) is 112 Å². The van der Waals surface area contributed by atoms with Gasteiger partial charge in [-0.15, -0.1) is 0 Å². The minimum Gasteiger partial charge on any atom is -0.504 e. The number of nitrogens with zero attached hydrogens (tertiary/aromatic N) is 13. The molecule has 0 bridgehead atoms. The summed E-state index contributed by atoms with van der Waals surface area (Å²) in [6.07, 6.45) is 28.1. The number of nitro groups is 1. The SMILES string of the molecule is COc1cc(/C=C/c2nc3ccccc3c(=O)n2-c2ccc(C#Cc3cccnc3)cc2C)ccc1O.COc1ccc(/C=C/c2nc3ccccc3c(=O)n2-c2ccc(C#Cc3cccnc3)cc2C)cc1.COc1ccc(/C=C/c2nc3ccccc3c(=O)n2-c2ccc(C#Cc3cccnc3)cc2C)cc1OC.Cc1cc(C#Cc2cccnc2)ccc1-n1c(/C=C/c2ccc(O)c([N+](=O)[O-])c2)nc2ccccc2c1=O. The largest absolute Gasteiger partial charge is 0.504 e. The van der Waals surface area contributed by atoms with Crippen LogP contribution in [0.2, 0.25) is 0 Å². The Hall–Kier alpha value is -20.8. The number of rotatable bonds is 17. The molecule has 724 valence electrons. The topological polar surface area (TPSA) is 312 Å². The zero-order chi connectivity index (χ0) is 104. The number of phenols is 2. The predicted molar refractivity (Wildman–Crippen MR) is 587 cm³/mol. The molecule has 0 atom stereocenters. The minimum absolute atomic E-state index is 0.0581. The molecule has 0 aliphatic carbocycles. The Morgan fingerprint density at radius 3 is 0.859 bits per heavy atom. The fourth-order valence-electron chi connectivity index (χ4n) is 16.2. The summed E-state index contributed by atoms with van der Waals surface area (Å²) in [6.45, 7) is 7.78. The van der Waals surface area contributed by atoms with Crippen LogP contribution in [0.25, 0.3) is 115 Å². The standard InChI is InChI=1S/C32H25N3O3.C31H23N3O3.C31H23N3O2.C30H20N4O4/c1-22-19-23(10-11-25-7-6-18-33-21-25)12-15-28(22)35-31(34-27-9-5-4-8-26(27)32(35)36)17-14-24-13-16-29(37-2)30(20-24)38-3;1-21-18-22(9-10-24-6-5-17-32-20-24)11-14-27(21)34-30(33-26-8-4-3-7-25(26)31(34)36)16-13-23-12-15-28(35)29(19-23)37-2;1-22-20-24(9-10-25-6-5-19-32-21-25)13-17-29(22)34-30(18-14-23-11-15-26(36-2)16-12-23)33-28-8-4-3-7-27(28)31(34)35;1-20-17-21(8-9-23-5-4-16-31-19-23)10-13-26(20)33-29(32-25-7-3-2-6-24(25)30(33)36)15-12-22-11-14-28(35)27(18-22)34(37)38/h4-9,12-21H,1-3H3;3-8,11-20,35H,1-2H3;3-8,11-21H,1-2H3;2-7,10-19,35H,1H3/b17-14+;16-13+;18-14+;15-12+. The molecule has 25 nitrogen and oxygen atoms in total. The Kier molecular flexibility index (Phi) is 31.3. The Bertz CT molecular complexity index is 9200. The van der Waals surface area contributed by atoms with E-state index in [-0.39, 0.29) is 28.0 Å². The van der Waals surface area contributed by atoms with E-state index in [1.165, 1.54) is 23.8 Å². The van der Waals surface area contributed by atoms with Crippen LogP contribution < -0.4 is 41.2 Å². The van der Waals surface area contributed by atoms with E-state index in [9.17, 15) is 39.5 Å². The third-order valence-corrected chi connectivity index (χ3v) is 23.6. The quantitative estimate of drug-likeness (QED) is 0.0486. The van der Waals surface area contributed by atoms with Gasteiger partial charge >= 0.3 is 5.69 Å². The molecular weight excluding hydrogens is 1860 g/mol. The van der Waals surface area contributed by atoms with Crippen molar-refractivity contribution in [1.82, 2.24) is 58.1 Å². The number of hydrogen-bond acceptors (Lipinski definition) is 20. The maximum absolute atomic E-state index is 13.7. The molecule has 25 heteroatoms. The maximum Gasteiger partial charge on any atom is 0.311 e. The molecule has 20 aromatic rings. The minimum atomic E-state index is -0.654. The summed E-state index contributed by atoms with van der Waals surface area (Å²) in [7, 11) is 6.34. The van der Waals surface area contributed by atoms with E-state index in [4.69, 9.17) is 38.9 Å². The first-order valence-electron chi connectivity index (χ1n) is 46.8. The molecule has 0 saturated heterocycles.